The van der Waals surface area contributed by atoms with E-state index in [9.17, 15) is 0 Å². The van der Waals surface area contributed by atoms with Crippen LogP contribution in [0.5, 0.6) is 0 Å². The van der Waals surface area contributed by atoms with Gasteiger partial charge in [0.15, 0.2) is 0 Å². The second-order valence-electron chi connectivity index (χ2n) is 2.21. The van der Waals surface area contributed by atoms with Crippen molar-refractivity contribution in [1.29, 1.82) is 0 Å². The molecule has 1 heterocycles. The van der Waals surface area contributed by atoms with E-state index in [1.54, 1.807) is 6.26 Å². The van der Waals surface area contributed by atoms with Crippen LogP contribution in [0.25, 0.3) is 0 Å². The molecule has 0 spiro atoms. The van der Waals surface area contributed by atoms with Crippen molar-refractivity contribution in [2.75, 3.05) is 11.5 Å². The lowest BCUT2D eigenvalue weighted by Crippen LogP contribution is -1.81. The SMILES string of the molecule is SCCCSCc1ccco1. The minimum absolute atomic E-state index is 0.977. The van der Waals surface area contributed by atoms with Crippen LogP contribution in [-0.4, -0.2) is 11.5 Å². The molecule has 0 bridgehead atoms. The van der Waals surface area contributed by atoms with E-state index in [4.69, 9.17) is 4.42 Å². The molecule has 0 atom stereocenters. The summed E-state index contributed by atoms with van der Waals surface area (Å²) >= 11 is 6.02. The molecule has 0 fully saturated rings. The average Bonchev–Trinajstić information content (AvgIpc) is 2.50. The summed E-state index contributed by atoms with van der Waals surface area (Å²) in [4.78, 5) is 0. The van der Waals surface area contributed by atoms with Gasteiger partial charge in [0.25, 0.3) is 0 Å². The number of hydrogen-bond donors (Lipinski definition) is 1. The molecule has 11 heavy (non-hydrogen) atoms. The van der Waals surface area contributed by atoms with E-state index in [1.165, 1.54) is 12.2 Å². The van der Waals surface area contributed by atoms with Crippen LogP contribution in [0.2, 0.25) is 0 Å². The first kappa shape index (κ1) is 9.07. The molecule has 0 saturated carbocycles. The summed E-state index contributed by atoms with van der Waals surface area (Å²) in [6, 6.07) is 3.93. The molecule has 0 unspecified atom stereocenters. The molecule has 0 saturated heterocycles. The molecule has 1 nitrogen and oxygen atoms in total. The lowest BCUT2D eigenvalue weighted by atomic mass is 10.5. The molecule has 0 N–H and O–H groups in total. The molecule has 62 valence electrons. The van der Waals surface area contributed by atoms with E-state index in [1.807, 2.05) is 23.9 Å². The maximum atomic E-state index is 5.17. The monoisotopic (exact) mass is 188 g/mol. The summed E-state index contributed by atoms with van der Waals surface area (Å²) in [5.41, 5.74) is 0. The van der Waals surface area contributed by atoms with Gasteiger partial charge in [0.1, 0.15) is 5.76 Å². The van der Waals surface area contributed by atoms with Crippen molar-refractivity contribution >= 4 is 24.4 Å². The number of hydrogen-bond acceptors (Lipinski definition) is 3. The van der Waals surface area contributed by atoms with Crippen molar-refractivity contribution in [1.82, 2.24) is 0 Å². The highest BCUT2D eigenvalue weighted by atomic mass is 32.2. The Kier molecular flexibility index (Phi) is 4.62. The lowest BCUT2D eigenvalue weighted by Gasteiger charge is -1.95. The summed E-state index contributed by atoms with van der Waals surface area (Å²) in [6.07, 6.45) is 2.89. The second-order valence-corrected chi connectivity index (χ2v) is 3.76. The lowest BCUT2D eigenvalue weighted by molar-refractivity contribution is 0.530. The maximum absolute atomic E-state index is 5.17. The van der Waals surface area contributed by atoms with Gasteiger partial charge in [0.2, 0.25) is 0 Å². The van der Waals surface area contributed by atoms with Crippen LogP contribution < -0.4 is 0 Å². The predicted molar refractivity (Wildman–Crippen MR) is 53.3 cm³/mol. The Labute approximate surface area is 77.0 Å². The van der Waals surface area contributed by atoms with Crippen molar-refractivity contribution in [3.8, 4) is 0 Å². The van der Waals surface area contributed by atoms with E-state index in [-0.39, 0.29) is 0 Å². The van der Waals surface area contributed by atoms with Gasteiger partial charge in [-0.3, -0.25) is 0 Å². The number of rotatable bonds is 5. The van der Waals surface area contributed by atoms with E-state index < -0.39 is 0 Å². The molecule has 1 rings (SSSR count). The van der Waals surface area contributed by atoms with Crippen LogP contribution in [0.15, 0.2) is 22.8 Å². The standard InChI is InChI=1S/C8H12OS2/c10-5-2-6-11-7-8-3-1-4-9-8/h1,3-4,10H,2,5-7H2. The Morgan fingerprint density at radius 1 is 1.55 bits per heavy atom. The molecule has 0 radical (unpaired) electrons. The fourth-order valence-corrected chi connectivity index (χ4v) is 1.96. The van der Waals surface area contributed by atoms with Gasteiger partial charge in [0, 0.05) is 0 Å². The fraction of sp³-hybridized carbons (Fsp3) is 0.500. The van der Waals surface area contributed by atoms with Gasteiger partial charge in [-0.25, -0.2) is 0 Å². The number of furan rings is 1. The predicted octanol–water partition coefficient (Wildman–Crippen LogP) is 2.83. The summed E-state index contributed by atoms with van der Waals surface area (Å²) < 4.78 is 5.17. The molecule has 1 aromatic rings. The molecular weight excluding hydrogens is 176 g/mol. The van der Waals surface area contributed by atoms with Gasteiger partial charge in [-0.2, -0.15) is 24.4 Å². The first-order valence-electron chi connectivity index (χ1n) is 3.64. The highest BCUT2D eigenvalue weighted by molar-refractivity contribution is 7.98. The van der Waals surface area contributed by atoms with Crippen LogP contribution in [0.1, 0.15) is 12.2 Å². The molecular formula is C8H12OS2. The van der Waals surface area contributed by atoms with Gasteiger partial charge in [-0.15, -0.1) is 0 Å². The molecule has 1 aromatic heterocycles. The summed E-state index contributed by atoms with van der Waals surface area (Å²) in [5, 5.41) is 0. The highest BCUT2D eigenvalue weighted by Crippen LogP contribution is 2.13. The molecule has 3 heteroatoms. The van der Waals surface area contributed by atoms with E-state index in [2.05, 4.69) is 12.6 Å². The summed E-state index contributed by atoms with van der Waals surface area (Å²) in [7, 11) is 0. The van der Waals surface area contributed by atoms with Gasteiger partial charge in [-0.05, 0) is 30.1 Å². The van der Waals surface area contributed by atoms with Crippen LogP contribution in [0.4, 0.5) is 0 Å². The van der Waals surface area contributed by atoms with Crippen LogP contribution >= 0.6 is 24.4 Å². The van der Waals surface area contributed by atoms with Crippen molar-refractivity contribution in [3.05, 3.63) is 24.2 Å². The third-order valence-electron chi connectivity index (χ3n) is 1.27. The van der Waals surface area contributed by atoms with Crippen LogP contribution in [0.3, 0.4) is 0 Å². The Balaban J connectivity index is 2.04. The van der Waals surface area contributed by atoms with E-state index in [0.717, 1.165) is 17.3 Å². The smallest absolute Gasteiger partial charge is 0.113 e. The van der Waals surface area contributed by atoms with E-state index >= 15 is 0 Å². The summed E-state index contributed by atoms with van der Waals surface area (Å²) in [6.45, 7) is 0. The Bertz CT molecular complexity index is 172. The third kappa shape index (κ3) is 3.77. The Morgan fingerprint density at radius 3 is 3.09 bits per heavy atom. The van der Waals surface area contributed by atoms with E-state index in [0.29, 0.717) is 0 Å². The zero-order chi connectivity index (χ0) is 7.94. The topological polar surface area (TPSA) is 13.1 Å². The molecule has 0 amide bonds. The van der Waals surface area contributed by atoms with Gasteiger partial charge in [-0.1, -0.05) is 0 Å². The highest BCUT2D eigenvalue weighted by Gasteiger charge is 1.94. The van der Waals surface area contributed by atoms with Crippen molar-refractivity contribution in [3.63, 3.8) is 0 Å². The molecule has 0 aliphatic rings. The fourth-order valence-electron chi connectivity index (χ4n) is 0.734. The Hall–Kier alpha value is -0.0200. The zero-order valence-corrected chi connectivity index (χ0v) is 8.04. The zero-order valence-electron chi connectivity index (χ0n) is 6.32. The molecule has 0 aliphatic carbocycles. The van der Waals surface area contributed by atoms with Crippen LogP contribution in [-0.2, 0) is 5.75 Å². The van der Waals surface area contributed by atoms with Crippen molar-refractivity contribution in [2.45, 2.75) is 12.2 Å². The summed E-state index contributed by atoms with van der Waals surface area (Å²) in [5.74, 6) is 4.20. The maximum Gasteiger partial charge on any atom is 0.113 e. The first-order chi connectivity index (χ1) is 5.43. The average molecular weight is 188 g/mol. The second kappa shape index (κ2) is 5.61. The first-order valence-corrected chi connectivity index (χ1v) is 5.43. The van der Waals surface area contributed by atoms with Gasteiger partial charge < -0.3 is 4.42 Å². The minimum atomic E-state index is 0.977. The number of thioether (sulfide) groups is 1. The quantitative estimate of drug-likeness (QED) is 0.564. The third-order valence-corrected chi connectivity index (χ3v) is 2.65. The van der Waals surface area contributed by atoms with Gasteiger partial charge in [0.05, 0.1) is 12.0 Å². The normalized spacial score (nSPS) is 10.3. The van der Waals surface area contributed by atoms with Gasteiger partial charge >= 0.3 is 0 Å². The van der Waals surface area contributed by atoms with Crippen molar-refractivity contribution in [2.24, 2.45) is 0 Å². The minimum Gasteiger partial charge on any atom is -0.468 e. The molecule has 0 aromatic carbocycles. The molecule has 0 aliphatic heterocycles. The number of thiol groups is 1. The van der Waals surface area contributed by atoms with Crippen LogP contribution in [0, 0.1) is 0 Å². The van der Waals surface area contributed by atoms with Crippen molar-refractivity contribution < 1.29 is 4.42 Å². The largest absolute Gasteiger partial charge is 0.468 e. The Morgan fingerprint density at radius 2 is 2.45 bits per heavy atom.